The summed E-state index contributed by atoms with van der Waals surface area (Å²) in [5.74, 6) is 2.56. The predicted molar refractivity (Wildman–Crippen MR) is 76.2 cm³/mol. The molecule has 0 N–H and O–H groups in total. The van der Waals surface area contributed by atoms with E-state index in [4.69, 9.17) is 13.9 Å². The first kappa shape index (κ1) is 15.2. The fourth-order valence-electron chi connectivity index (χ4n) is 2.00. The molecule has 114 valence electrons. The van der Waals surface area contributed by atoms with E-state index in [9.17, 15) is 0 Å². The highest BCUT2D eigenvalue weighted by atomic mass is 16.5. The SMILES string of the molecule is CCc1nnc(CN(C)Cc2nccc(OC)c2OC)o1. The second kappa shape index (κ2) is 7.03. The Balaban J connectivity index is 2.07. The first-order chi connectivity index (χ1) is 10.2. The average Bonchev–Trinajstić information content (AvgIpc) is 2.94. The predicted octanol–water partition coefficient (Wildman–Crippen LogP) is 1.68. The van der Waals surface area contributed by atoms with Crippen molar-refractivity contribution in [2.45, 2.75) is 26.4 Å². The van der Waals surface area contributed by atoms with Gasteiger partial charge in [0.2, 0.25) is 11.8 Å². The Morgan fingerprint density at radius 2 is 1.90 bits per heavy atom. The maximum Gasteiger partial charge on any atom is 0.230 e. The molecule has 0 saturated carbocycles. The first-order valence-corrected chi connectivity index (χ1v) is 6.73. The van der Waals surface area contributed by atoms with Crippen LogP contribution in [0.15, 0.2) is 16.7 Å². The van der Waals surface area contributed by atoms with Crippen LogP contribution in [0.1, 0.15) is 24.4 Å². The van der Waals surface area contributed by atoms with E-state index < -0.39 is 0 Å². The largest absolute Gasteiger partial charge is 0.493 e. The smallest absolute Gasteiger partial charge is 0.230 e. The standard InChI is InChI=1S/C14H20N4O3/c1-5-12-16-17-13(21-12)9-18(2)8-10-14(20-4)11(19-3)6-7-15-10/h6-7H,5,8-9H2,1-4H3. The molecule has 0 aliphatic heterocycles. The van der Waals surface area contributed by atoms with Crippen LogP contribution in [0, 0.1) is 0 Å². The fourth-order valence-corrected chi connectivity index (χ4v) is 2.00. The van der Waals surface area contributed by atoms with E-state index in [1.807, 2.05) is 18.9 Å². The molecule has 0 bridgehead atoms. The molecular formula is C14H20N4O3. The molecule has 2 heterocycles. The molecule has 0 radical (unpaired) electrons. The summed E-state index contributed by atoms with van der Waals surface area (Å²) in [5.41, 5.74) is 0.801. The van der Waals surface area contributed by atoms with Crippen molar-refractivity contribution in [3.8, 4) is 11.5 Å². The Hall–Kier alpha value is -2.15. The highest BCUT2D eigenvalue weighted by Crippen LogP contribution is 2.29. The second-order valence-corrected chi connectivity index (χ2v) is 4.61. The van der Waals surface area contributed by atoms with Gasteiger partial charge in [-0.1, -0.05) is 6.92 Å². The van der Waals surface area contributed by atoms with Gasteiger partial charge in [-0.05, 0) is 7.05 Å². The van der Waals surface area contributed by atoms with Gasteiger partial charge in [0.1, 0.15) is 5.69 Å². The summed E-state index contributed by atoms with van der Waals surface area (Å²) in [6.45, 7) is 3.12. The Kier molecular flexibility index (Phi) is 5.10. The van der Waals surface area contributed by atoms with Crippen molar-refractivity contribution in [1.29, 1.82) is 0 Å². The number of hydrogen-bond acceptors (Lipinski definition) is 7. The molecule has 21 heavy (non-hydrogen) atoms. The summed E-state index contributed by atoms with van der Waals surface area (Å²) >= 11 is 0. The number of pyridine rings is 1. The van der Waals surface area contributed by atoms with Crippen molar-refractivity contribution in [2.75, 3.05) is 21.3 Å². The van der Waals surface area contributed by atoms with Crippen LogP contribution >= 0.6 is 0 Å². The number of rotatable bonds is 7. The molecule has 2 aromatic heterocycles. The maximum absolute atomic E-state index is 5.50. The molecular weight excluding hydrogens is 272 g/mol. The van der Waals surface area contributed by atoms with Gasteiger partial charge in [0.25, 0.3) is 0 Å². The zero-order chi connectivity index (χ0) is 15.2. The Labute approximate surface area is 123 Å². The van der Waals surface area contributed by atoms with E-state index in [-0.39, 0.29) is 0 Å². The summed E-state index contributed by atoms with van der Waals surface area (Å²) < 4.78 is 16.1. The zero-order valence-electron chi connectivity index (χ0n) is 12.8. The first-order valence-electron chi connectivity index (χ1n) is 6.73. The monoisotopic (exact) mass is 292 g/mol. The normalized spacial score (nSPS) is 10.9. The molecule has 2 aromatic rings. The van der Waals surface area contributed by atoms with E-state index in [1.54, 1.807) is 26.5 Å². The zero-order valence-corrected chi connectivity index (χ0v) is 12.8. The van der Waals surface area contributed by atoms with E-state index in [0.717, 1.165) is 12.1 Å². The number of aryl methyl sites for hydroxylation is 1. The van der Waals surface area contributed by atoms with E-state index in [2.05, 4.69) is 15.2 Å². The number of hydrogen-bond donors (Lipinski definition) is 0. The minimum atomic E-state index is 0.551. The number of methoxy groups -OCH3 is 2. The fraction of sp³-hybridized carbons (Fsp3) is 0.500. The lowest BCUT2D eigenvalue weighted by atomic mass is 10.3. The van der Waals surface area contributed by atoms with Crippen LogP contribution in [0.25, 0.3) is 0 Å². The molecule has 0 atom stereocenters. The quantitative estimate of drug-likeness (QED) is 0.768. The molecule has 2 rings (SSSR count). The molecule has 0 saturated heterocycles. The third kappa shape index (κ3) is 3.69. The van der Waals surface area contributed by atoms with Crippen molar-refractivity contribution < 1.29 is 13.9 Å². The molecule has 0 fully saturated rings. The second-order valence-electron chi connectivity index (χ2n) is 4.61. The van der Waals surface area contributed by atoms with Gasteiger partial charge in [0.15, 0.2) is 11.5 Å². The Morgan fingerprint density at radius 3 is 2.52 bits per heavy atom. The molecule has 0 spiro atoms. The summed E-state index contributed by atoms with van der Waals surface area (Å²) in [4.78, 5) is 6.37. The van der Waals surface area contributed by atoms with Gasteiger partial charge in [-0.25, -0.2) is 0 Å². The Morgan fingerprint density at radius 1 is 1.14 bits per heavy atom. The molecule has 7 heteroatoms. The molecule has 0 aliphatic carbocycles. The van der Waals surface area contributed by atoms with E-state index in [1.165, 1.54) is 0 Å². The number of nitrogens with zero attached hydrogens (tertiary/aromatic N) is 4. The summed E-state index contributed by atoms with van der Waals surface area (Å²) in [7, 11) is 5.17. The van der Waals surface area contributed by atoms with Crippen LogP contribution in [-0.2, 0) is 19.5 Å². The molecule has 0 amide bonds. The van der Waals surface area contributed by atoms with Crippen LogP contribution in [0.4, 0.5) is 0 Å². The number of ether oxygens (including phenoxy) is 2. The summed E-state index contributed by atoms with van der Waals surface area (Å²) in [5, 5.41) is 7.96. The van der Waals surface area contributed by atoms with Crippen molar-refractivity contribution in [3.05, 3.63) is 29.7 Å². The van der Waals surface area contributed by atoms with Crippen molar-refractivity contribution in [3.63, 3.8) is 0 Å². The van der Waals surface area contributed by atoms with Crippen molar-refractivity contribution >= 4 is 0 Å². The third-order valence-electron chi connectivity index (χ3n) is 3.00. The van der Waals surface area contributed by atoms with Gasteiger partial charge in [-0.15, -0.1) is 10.2 Å². The van der Waals surface area contributed by atoms with E-state index in [0.29, 0.717) is 36.4 Å². The summed E-state index contributed by atoms with van der Waals surface area (Å²) in [6.07, 6.45) is 2.44. The lowest BCUT2D eigenvalue weighted by Gasteiger charge is -2.17. The van der Waals surface area contributed by atoms with Crippen LogP contribution in [-0.4, -0.2) is 41.3 Å². The Bertz CT molecular complexity index is 585. The van der Waals surface area contributed by atoms with Crippen LogP contribution in [0.2, 0.25) is 0 Å². The maximum atomic E-state index is 5.50. The van der Waals surface area contributed by atoms with Crippen LogP contribution in [0.5, 0.6) is 11.5 Å². The highest BCUT2D eigenvalue weighted by Gasteiger charge is 2.14. The van der Waals surface area contributed by atoms with Gasteiger partial charge in [0.05, 0.1) is 20.8 Å². The number of aromatic nitrogens is 3. The topological polar surface area (TPSA) is 73.5 Å². The molecule has 0 unspecified atom stereocenters. The third-order valence-corrected chi connectivity index (χ3v) is 3.00. The minimum Gasteiger partial charge on any atom is -0.493 e. The van der Waals surface area contributed by atoms with Gasteiger partial charge >= 0.3 is 0 Å². The summed E-state index contributed by atoms with van der Waals surface area (Å²) in [6, 6.07) is 1.77. The molecule has 0 aromatic carbocycles. The lowest BCUT2D eigenvalue weighted by molar-refractivity contribution is 0.267. The highest BCUT2D eigenvalue weighted by molar-refractivity contribution is 5.42. The van der Waals surface area contributed by atoms with Gasteiger partial charge in [-0.3, -0.25) is 9.88 Å². The van der Waals surface area contributed by atoms with Gasteiger partial charge in [0, 0.05) is 25.2 Å². The lowest BCUT2D eigenvalue weighted by Crippen LogP contribution is -2.19. The molecule has 0 aliphatic rings. The van der Waals surface area contributed by atoms with Crippen molar-refractivity contribution in [1.82, 2.24) is 20.1 Å². The van der Waals surface area contributed by atoms with E-state index >= 15 is 0 Å². The van der Waals surface area contributed by atoms with Gasteiger partial charge < -0.3 is 13.9 Å². The average molecular weight is 292 g/mol. The van der Waals surface area contributed by atoms with Crippen molar-refractivity contribution in [2.24, 2.45) is 0 Å². The minimum absolute atomic E-state index is 0.551. The van der Waals surface area contributed by atoms with Crippen LogP contribution < -0.4 is 9.47 Å². The molecule has 7 nitrogen and oxygen atoms in total. The van der Waals surface area contributed by atoms with Crippen LogP contribution in [0.3, 0.4) is 0 Å². The van der Waals surface area contributed by atoms with Gasteiger partial charge in [-0.2, -0.15) is 0 Å².